The second kappa shape index (κ2) is 6.47. The van der Waals surface area contributed by atoms with Gasteiger partial charge in [0.05, 0.1) is 4.90 Å². The number of nitrogens with zero attached hydrogens (tertiary/aromatic N) is 2. The van der Waals surface area contributed by atoms with Crippen LogP contribution in [0.2, 0.25) is 0 Å². The topological polar surface area (TPSA) is 79.4 Å². The van der Waals surface area contributed by atoms with Gasteiger partial charge in [-0.2, -0.15) is 4.31 Å². The van der Waals surface area contributed by atoms with Gasteiger partial charge in [-0.3, -0.25) is 9.78 Å². The largest absolute Gasteiger partial charge is 0.325 e. The molecule has 1 aliphatic rings. The van der Waals surface area contributed by atoms with Crippen molar-refractivity contribution in [2.75, 3.05) is 11.9 Å². The second-order valence-electron chi connectivity index (χ2n) is 5.31. The number of sulfonamides is 1. The quantitative estimate of drug-likeness (QED) is 0.927. The first kappa shape index (κ1) is 15.6. The van der Waals surface area contributed by atoms with Crippen molar-refractivity contribution in [2.45, 2.75) is 23.8 Å². The molecule has 1 aromatic carbocycles. The molecule has 120 valence electrons. The lowest BCUT2D eigenvalue weighted by atomic mass is 10.2. The summed E-state index contributed by atoms with van der Waals surface area (Å²) >= 11 is 0. The number of hydrogen-bond acceptors (Lipinski definition) is 4. The number of benzene rings is 1. The number of hydrogen-bond donors (Lipinski definition) is 1. The van der Waals surface area contributed by atoms with E-state index in [2.05, 4.69) is 10.3 Å². The SMILES string of the molecule is O=C(Nc1ccncc1)C1CCCN1S(=O)(=O)c1ccccc1. The fraction of sp³-hybridized carbons (Fsp3) is 0.250. The van der Waals surface area contributed by atoms with Crippen molar-refractivity contribution in [1.29, 1.82) is 0 Å². The van der Waals surface area contributed by atoms with Crippen molar-refractivity contribution in [1.82, 2.24) is 9.29 Å². The molecule has 0 aliphatic carbocycles. The summed E-state index contributed by atoms with van der Waals surface area (Å²) in [6, 6.07) is 10.9. The van der Waals surface area contributed by atoms with Crippen molar-refractivity contribution < 1.29 is 13.2 Å². The van der Waals surface area contributed by atoms with Gasteiger partial charge in [0.2, 0.25) is 15.9 Å². The highest BCUT2D eigenvalue weighted by Crippen LogP contribution is 2.26. The standard InChI is InChI=1S/C16H17N3O3S/c20-16(18-13-8-10-17-11-9-13)15-7-4-12-19(15)23(21,22)14-5-2-1-3-6-14/h1-3,5-6,8-11,15H,4,7,12H2,(H,17,18,20). The lowest BCUT2D eigenvalue weighted by Gasteiger charge is -2.23. The molecule has 0 saturated carbocycles. The average Bonchev–Trinajstić information content (AvgIpc) is 3.07. The van der Waals surface area contributed by atoms with E-state index < -0.39 is 16.1 Å². The molecule has 3 rings (SSSR count). The Morgan fingerprint density at radius 3 is 2.52 bits per heavy atom. The third kappa shape index (κ3) is 3.25. The molecule has 1 aromatic heterocycles. The van der Waals surface area contributed by atoms with E-state index in [0.717, 1.165) is 0 Å². The Bertz CT molecular complexity index is 779. The molecule has 1 amide bonds. The Morgan fingerprint density at radius 2 is 1.83 bits per heavy atom. The fourth-order valence-electron chi connectivity index (χ4n) is 2.68. The molecule has 1 fully saturated rings. The van der Waals surface area contributed by atoms with Crippen LogP contribution in [0.5, 0.6) is 0 Å². The van der Waals surface area contributed by atoms with E-state index in [1.165, 1.54) is 4.31 Å². The van der Waals surface area contributed by atoms with E-state index in [4.69, 9.17) is 0 Å². The molecule has 1 aliphatic heterocycles. The minimum atomic E-state index is -3.67. The van der Waals surface area contributed by atoms with Gasteiger partial charge in [-0.25, -0.2) is 8.42 Å². The van der Waals surface area contributed by atoms with Gasteiger partial charge in [0.25, 0.3) is 0 Å². The first-order valence-corrected chi connectivity index (χ1v) is 8.81. The van der Waals surface area contributed by atoms with Crippen molar-refractivity contribution in [3.63, 3.8) is 0 Å². The predicted octanol–water partition coefficient (Wildman–Crippen LogP) is 1.87. The maximum Gasteiger partial charge on any atom is 0.243 e. The van der Waals surface area contributed by atoms with E-state index >= 15 is 0 Å². The summed E-state index contributed by atoms with van der Waals surface area (Å²) in [6.07, 6.45) is 4.33. The zero-order valence-electron chi connectivity index (χ0n) is 12.4. The molecule has 6 nitrogen and oxygen atoms in total. The summed E-state index contributed by atoms with van der Waals surface area (Å²) in [4.78, 5) is 16.6. The lowest BCUT2D eigenvalue weighted by molar-refractivity contribution is -0.119. The monoisotopic (exact) mass is 331 g/mol. The normalized spacial score (nSPS) is 18.7. The molecule has 23 heavy (non-hydrogen) atoms. The van der Waals surface area contributed by atoms with E-state index in [1.807, 2.05) is 0 Å². The van der Waals surface area contributed by atoms with Crippen molar-refractivity contribution >= 4 is 21.6 Å². The first-order valence-electron chi connectivity index (χ1n) is 7.37. The number of aromatic nitrogens is 1. The van der Waals surface area contributed by atoms with Gasteiger partial charge in [-0.15, -0.1) is 0 Å². The number of carbonyl (C=O) groups is 1. The van der Waals surface area contributed by atoms with Crippen LogP contribution in [0.1, 0.15) is 12.8 Å². The van der Waals surface area contributed by atoms with Crippen LogP contribution in [-0.4, -0.2) is 36.2 Å². The van der Waals surface area contributed by atoms with Gasteiger partial charge in [-0.05, 0) is 37.1 Å². The number of amides is 1. The lowest BCUT2D eigenvalue weighted by Crippen LogP contribution is -2.43. The molecule has 2 heterocycles. The van der Waals surface area contributed by atoms with Gasteiger partial charge in [0.1, 0.15) is 6.04 Å². The number of rotatable bonds is 4. The maximum atomic E-state index is 12.7. The van der Waals surface area contributed by atoms with Crippen molar-refractivity contribution in [3.8, 4) is 0 Å². The molecule has 1 atom stereocenters. The highest BCUT2D eigenvalue weighted by molar-refractivity contribution is 7.89. The molecule has 0 bridgehead atoms. The van der Waals surface area contributed by atoms with Crippen LogP contribution < -0.4 is 5.32 Å². The minimum Gasteiger partial charge on any atom is -0.325 e. The van der Waals surface area contributed by atoms with Gasteiger partial charge in [-0.1, -0.05) is 18.2 Å². The Morgan fingerprint density at radius 1 is 1.13 bits per heavy atom. The Kier molecular flexibility index (Phi) is 4.40. The maximum absolute atomic E-state index is 12.7. The molecule has 0 radical (unpaired) electrons. The molecule has 7 heteroatoms. The fourth-order valence-corrected chi connectivity index (χ4v) is 4.36. The molecular formula is C16H17N3O3S. The van der Waals surface area contributed by atoms with Crippen LogP contribution in [0.15, 0.2) is 59.8 Å². The van der Waals surface area contributed by atoms with Crippen LogP contribution in [0.25, 0.3) is 0 Å². The molecule has 1 N–H and O–H groups in total. The third-order valence-corrected chi connectivity index (χ3v) is 5.73. The number of anilines is 1. The summed E-state index contributed by atoms with van der Waals surface area (Å²) < 4.78 is 26.8. The van der Waals surface area contributed by atoms with Crippen molar-refractivity contribution in [3.05, 3.63) is 54.9 Å². The second-order valence-corrected chi connectivity index (χ2v) is 7.20. The summed E-state index contributed by atoms with van der Waals surface area (Å²) in [7, 11) is -3.67. The van der Waals surface area contributed by atoms with Crippen molar-refractivity contribution in [2.24, 2.45) is 0 Å². The number of pyridine rings is 1. The smallest absolute Gasteiger partial charge is 0.243 e. The van der Waals surface area contributed by atoms with E-state index in [0.29, 0.717) is 25.1 Å². The molecule has 0 spiro atoms. The summed E-state index contributed by atoms with van der Waals surface area (Å²) in [5.41, 5.74) is 0.606. The van der Waals surface area contributed by atoms with E-state index in [9.17, 15) is 13.2 Å². The Balaban J connectivity index is 1.82. The Hall–Kier alpha value is -2.25. The van der Waals surface area contributed by atoms with Gasteiger partial charge in [0.15, 0.2) is 0 Å². The zero-order valence-corrected chi connectivity index (χ0v) is 13.2. The third-order valence-electron chi connectivity index (χ3n) is 3.80. The summed E-state index contributed by atoms with van der Waals surface area (Å²) in [5, 5.41) is 2.75. The number of carbonyl (C=O) groups excluding carboxylic acids is 1. The average molecular weight is 331 g/mol. The Labute approximate surface area is 135 Å². The number of nitrogens with one attached hydrogen (secondary N) is 1. The van der Waals surface area contributed by atoms with Gasteiger partial charge < -0.3 is 5.32 Å². The van der Waals surface area contributed by atoms with Crippen LogP contribution in [0.3, 0.4) is 0 Å². The molecule has 1 unspecified atom stereocenters. The van der Waals surface area contributed by atoms with Gasteiger partial charge in [0, 0.05) is 24.6 Å². The predicted molar refractivity (Wildman–Crippen MR) is 86.2 cm³/mol. The van der Waals surface area contributed by atoms with E-state index in [1.54, 1.807) is 54.9 Å². The molecule has 2 aromatic rings. The molecular weight excluding hydrogens is 314 g/mol. The first-order chi connectivity index (χ1) is 11.1. The van der Waals surface area contributed by atoms with Gasteiger partial charge >= 0.3 is 0 Å². The van der Waals surface area contributed by atoms with Crippen LogP contribution in [0, 0.1) is 0 Å². The highest BCUT2D eigenvalue weighted by atomic mass is 32.2. The summed E-state index contributed by atoms with van der Waals surface area (Å²) in [5.74, 6) is -0.312. The van der Waals surface area contributed by atoms with Crippen LogP contribution in [0.4, 0.5) is 5.69 Å². The van der Waals surface area contributed by atoms with Crippen LogP contribution >= 0.6 is 0 Å². The highest BCUT2D eigenvalue weighted by Gasteiger charge is 2.39. The summed E-state index contributed by atoms with van der Waals surface area (Å²) in [6.45, 7) is 0.353. The molecule has 1 saturated heterocycles. The zero-order chi connectivity index (χ0) is 16.3. The minimum absolute atomic E-state index is 0.212. The van der Waals surface area contributed by atoms with E-state index in [-0.39, 0.29) is 10.8 Å². The van der Waals surface area contributed by atoms with Crippen LogP contribution in [-0.2, 0) is 14.8 Å².